The van der Waals surface area contributed by atoms with E-state index in [0.717, 1.165) is 29.5 Å². The highest BCUT2D eigenvalue weighted by molar-refractivity contribution is 5.95. The lowest BCUT2D eigenvalue weighted by atomic mass is 9.73. The van der Waals surface area contributed by atoms with Crippen LogP contribution in [0.25, 0.3) is 5.57 Å². The number of hydrogen-bond acceptors (Lipinski definition) is 3. The fraction of sp³-hybridized carbons (Fsp3) is 0.333. The number of hydrogen-bond donors (Lipinski definition) is 0. The second-order valence-electron chi connectivity index (χ2n) is 10.3. The summed E-state index contributed by atoms with van der Waals surface area (Å²) in [5.74, 6) is 0.314. The minimum absolute atomic E-state index is 0.0688. The van der Waals surface area contributed by atoms with Crippen LogP contribution < -0.4 is 0 Å². The molecule has 0 saturated carbocycles. The highest BCUT2D eigenvalue weighted by Gasteiger charge is 2.34. The second-order valence-corrected chi connectivity index (χ2v) is 10.3. The number of carbonyl (C=O) groups is 2. The van der Waals surface area contributed by atoms with Crippen molar-refractivity contribution in [3.63, 3.8) is 0 Å². The number of piperidine rings is 1. The molecule has 5 nitrogen and oxygen atoms in total. The van der Waals surface area contributed by atoms with Crippen molar-refractivity contribution in [1.29, 1.82) is 0 Å². The molecule has 2 aliphatic rings. The van der Waals surface area contributed by atoms with Crippen LogP contribution in [-0.2, 0) is 17.8 Å². The molecule has 1 fully saturated rings. The van der Waals surface area contributed by atoms with Crippen molar-refractivity contribution in [3.05, 3.63) is 112 Å². The summed E-state index contributed by atoms with van der Waals surface area (Å²) in [5.41, 5.74) is 9.32. The lowest BCUT2D eigenvalue weighted by Crippen LogP contribution is -2.43. The largest absolute Gasteiger partial charge is 0.445 e. The first-order chi connectivity index (χ1) is 18.5. The van der Waals surface area contributed by atoms with Crippen LogP contribution in [0.3, 0.4) is 0 Å². The molecule has 0 N–H and O–H groups in total. The van der Waals surface area contributed by atoms with Crippen molar-refractivity contribution in [1.82, 2.24) is 9.80 Å². The molecule has 1 saturated heterocycles. The molecule has 1 heterocycles. The van der Waals surface area contributed by atoms with Crippen LogP contribution in [0.5, 0.6) is 0 Å². The maximum absolute atomic E-state index is 12.9. The number of ether oxygens (including phenoxy) is 1. The van der Waals surface area contributed by atoms with Gasteiger partial charge in [-0.1, -0.05) is 71.8 Å². The van der Waals surface area contributed by atoms with Gasteiger partial charge in [0.1, 0.15) is 6.61 Å². The third-order valence-electron chi connectivity index (χ3n) is 7.84. The van der Waals surface area contributed by atoms with E-state index in [0.29, 0.717) is 26.2 Å². The molecule has 1 aliphatic heterocycles. The summed E-state index contributed by atoms with van der Waals surface area (Å²) in [4.78, 5) is 29.5. The van der Waals surface area contributed by atoms with E-state index in [1.54, 1.807) is 0 Å². The van der Waals surface area contributed by atoms with E-state index in [2.05, 4.69) is 37.3 Å². The van der Waals surface area contributed by atoms with Gasteiger partial charge in [-0.15, -0.1) is 0 Å². The molecule has 0 radical (unpaired) electrons. The van der Waals surface area contributed by atoms with E-state index >= 15 is 0 Å². The van der Waals surface area contributed by atoms with E-state index in [-0.39, 0.29) is 24.5 Å². The standard InChI is InChI=1S/C33H36N2O3/c1-4-34(5-2)32(36)26-15-13-25(14-16-26)31-29-17-18-35(33(37)38-22-24-9-7-6-8-10-24)21-28(29)20-27-12-11-23(3)19-30(27)31/h6-16,19,28H,4-5,17-18,20-22H2,1-3H3. The maximum Gasteiger partial charge on any atom is 0.410 e. The van der Waals surface area contributed by atoms with Gasteiger partial charge in [-0.25, -0.2) is 4.79 Å². The van der Waals surface area contributed by atoms with Gasteiger partial charge in [0.25, 0.3) is 5.91 Å². The van der Waals surface area contributed by atoms with Gasteiger partial charge in [0.2, 0.25) is 0 Å². The van der Waals surface area contributed by atoms with Crippen molar-refractivity contribution >= 4 is 17.6 Å². The van der Waals surface area contributed by atoms with Gasteiger partial charge in [0.15, 0.2) is 0 Å². The van der Waals surface area contributed by atoms with Gasteiger partial charge in [-0.2, -0.15) is 0 Å². The van der Waals surface area contributed by atoms with Crippen LogP contribution in [0.15, 0.2) is 78.4 Å². The van der Waals surface area contributed by atoms with Crippen LogP contribution in [0, 0.1) is 12.8 Å². The number of fused-ring (bicyclic) bond motifs is 2. The molecule has 38 heavy (non-hydrogen) atoms. The van der Waals surface area contributed by atoms with Gasteiger partial charge in [0.05, 0.1) is 0 Å². The third kappa shape index (κ3) is 5.24. The average molecular weight is 509 g/mol. The zero-order chi connectivity index (χ0) is 26.6. The first kappa shape index (κ1) is 25.8. The van der Waals surface area contributed by atoms with E-state index in [1.165, 1.54) is 27.8 Å². The van der Waals surface area contributed by atoms with Crippen LogP contribution in [-0.4, -0.2) is 48.0 Å². The quantitative estimate of drug-likeness (QED) is 0.382. The molecule has 196 valence electrons. The molecule has 1 atom stereocenters. The minimum atomic E-state index is -0.247. The summed E-state index contributed by atoms with van der Waals surface area (Å²) < 4.78 is 5.65. The molecule has 0 aromatic heterocycles. The molecule has 1 unspecified atom stereocenters. The van der Waals surface area contributed by atoms with Crippen LogP contribution in [0.1, 0.15) is 58.4 Å². The van der Waals surface area contributed by atoms with Crippen molar-refractivity contribution in [2.75, 3.05) is 26.2 Å². The zero-order valence-corrected chi connectivity index (χ0v) is 22.6. The van der Waals surface area contributed by atoms with Crippen LogP contribution >= 0.6 is 0 Å². The first-order valence-electron chi connectivity index (χ1n) is 13.7. The molecule has 5 heteroatoms. The van der Waals surface area contributed by atoms with E-state index < -0.39 is 0 Å². The van der Waals surface area contributed by atoms with Gasteiger partial charge < -0.3 is 14.5 Å². The third-order valence-corrected chi connectivity index (χ3v) is 7.84. The Hall–Kier alpha value is -3.86. The molecule has 3 aromatic rings. The van der Waals surface area contributed by atoms with Gasteiger partial charge >= 0.3 is 6.09 Å². The molecular formula is C33H36N2O3. The normalized spacial score (nSPS) is 16.5. The van der Waals surface area contributed by atoms with Crippen molar-refractivity contribution < 1.29 is 14.3 Å². The second kappa shape index (κ2) is 11.3. The lowest BCUT2D eigenvalue weighted by molar-refractivity contribution is 0.0772. The molecule has 2 amide bonds. The Morgan fingerprint density at radius 3 is 2.42 bits per heavy atom. The molecular weight excluding hydrogens is 472 g/mol. The van der Waals surface area contributed by atoms with Crippen molar-refractivity contribution in [2.45, 2.75) is 40.2 Å². The predicted octanol–water partition coefficient (Wildman–Crippen LogP) is 6.49. The Balaban J connectivity index is 1.41. The minimum Gasteiger partial charge on any atom is -0.445 e. The monoisotopic (exact) mass is 508 g/mol. The van der Waals surface area contributed by atoms with E-state index in [9.17, 15) is 9.59 Å². The summed E-state index contributed by atoms with van der Waals surface area (Å²) in [7, 11) is 0. The number of carbonyl (C=O) groups excluding carboxylic acids is 2. The predicted molar refractivity (Wildman–Crippen MR) is 151 cm³/mol. The maximum atomic E-state index is 12.9. The number of benzene rings is 3. The van der Waals surface area contributed by atoms with Gasteiger partial charge in [-0.3, -0.25) is 4.79 Å². The molecule has 1 aliphatic carbocycles. The van der Waals surface area contributed by atoms with E-state index in [4.69, 9.17) is 4.74 Å². The van der Waals surface area contributed by atoms with Gasteiger partial charge in [0, 0.05) is 37.7 Å². The fourth-order valence-corrected chi connectivity index (χ4v) is 5.77. The van der Waals surface area contributed by atoms with Gasteiger partial charge in [-0.05, 0) is 73.6 Å². The molecule has 0 bridgehead atoms. The molecule has 0 spiro atoms. The number of rotatable bonds is 6. The summed E-state index contributed by atoms with van der Waals surface area (Å²) in [6.45, 7) is 9.12. The molecule has 3 aromatic carbocycles. The Morgan fingerprint density at radius 1 is 0.974 bits per heavy atom. The number of nitrogens with zero attached hydrogens (tertiary/aromatic N) is 2. The summed E-state index contributed by atoms with van der Waals surface area (Å²) >= 11 is 0. The average Bonchev–Trinajstić information content (AvgIpc) is 2.95. The van der Waals surface area contributed by atoms with Crippen molar-refractivity contribution in [3.8, 4) is 0 Å². The zero-order valence-electron chi connectivity index (χ0n) is 22.6. The highest BCUT2D eigenvalue weighted by Crippen LogP contribution is 2.43. The Bertz CT molecular complexity index is 1340. The lowest BCUT2D eigenvalue weighted by Gasteiger charge is -2.39. The topological polar surface area (TPSA) is 49.9 Å². The number of likely N-dealkylation sites (tertiary alicyclic amines) is 1. The highest BCUT2D eigenvalue weighted by atomic mass is 16.6. The fourth-order valence-electron chi connectivity index (χ4n) is 5.77. The van der Waals surface area contributed by atoms with Crippen LogP contribution in [0.4, 0.5) is 4.79 Å². The van der Waals surface area contributed by atoms with Crippen molar-refractivity contribution in [2.24, 2.45) is 5.92 Å². The van der Waals surface area contributed by atoms with E-state index in [1.807, 2.05) is 66.1 Å². The van der Waals surface area contributed by atoms with Crippen LogP contribution in [0.2, 0.25) is 0 Å². The number of amides is 2. The Labute approximate surface area is 225 Å². The molecule has 5 rings (SSSR count). The Kier molecular flexibility index (Phi) is 7.64. The SMILES string of the molecule is CCN(CC)C(=O)c1ccc(C2=C3CCN(C(=O)OCc4ccccc4)CC3Cc3ccc(C)cc32)cc1. The summed E-state index contributed by atoms with van der Waals surface area (Å²) in [6, 6.07) is 24.6. The smallest absolute Gasteiger partial charge is 0.410 e. The number of aryl methyl sites for hydroxylation is 1. The Morgan fingerprint density at radius 2 is 1.71 bits per heavy atom. The summed E-state index contributed by atoms with van der Waals surface area (Å²) in [6.07, 6.45) is 1.48. The first-order valence-corrected chi connectivity index (χ1v) is 13.7. The summed E-state index contributed by atoms with van der Waals surface area (Å²) in [5, 5.41) is 0.